The molecule has 1 aliphatic heterocycles. The zero-order valence-electron chi connectivity index (χ0n) is 19.4. The molecule has 0 bridgehead atoms. The molecule has 3 aromatic carbocycles. The van der Waals surface area contributed by atoms with E-state index >= 15 is 0 Å². The first kappa shape index (κ1) is 23.8. The lowest BCUT2D eigenvalue weighted by atomic mass is 10.1. The number of nitrogens with zero attached hydrogens (tertiary/aromatic N) is 1. The number of carbonyl (C=O) groups excluding carboxylic acids is 3. The van der Waals surface area contributed by atoms with Crippen LogP contribution in [0, 0.1) is 6.92 Å². The molecule has 4 rings (SSSR count). The van der Waals surface area contributed by atoms with Gasteiger partial charge >= 0.3 is 6.03 Å². The van der Waals surface area contributed by atoms with Crippen LogP contribution < -0.4 is 14.8 Å². The lowest BCUT2D eigenvalue weighted by molar-refractivity contribution is -0.130. The van der Waals surface area contributed by atoms with E-state index in [1.165, 1.54) is 11.6 Å². The monoisotopic (exact) mass is 470 g/mol. The van der Waals surface area contributed by atoms with Crippen molar-refractivity contribution in [2.45, 2.75) is 19.9 Å². The highest BCUT2D eigenvalue weighted by molar-refractivity contribution is 6.30. The van der Waals surface area contributed by atoms with Gasteiger partial charge in [0.2, 0.25) is 0 Å². The van der Waals surface area contributed by atoms with Crippen molar-refractivity contribution in [3.63, 3.8) is 0 Å². The Morgan fingerprint density at radius 1 is 0.800 bits per heavy atom. The molecule has 1 fully saturated rings. The van der Waals surface area contributed by atoms with E-state index in [9.17, 15) is 14.4 Å². The Morgan fingerprint density at radius 2 is 1.40 bits per heavy atom. The molecule has 0 aliphatic carbocycles. The smallest absolute Gasteiger partial charge is 0.331 e. The van der Waals surface area contributed by atoms with Crippen LogP contribution in [0.25, 0.3) is 6.08 Å². The van der Waals surface area contributed by atoms with Crippen LogP contribution in [0.4, 0.5) is 4.79 Å². The van der Waals surface area contributed by atoms with E-state index in [2.05, 4.69) is 5.32 Å². The molecule has 0 spiro atoms. The average molecular weight is 471 g/mol. The van der Waals surface area contributed by atoms with Crippen LogP contribution in [0.3, 0.4) is 0 Å². The molecular formula is C28H26N2O5. The van der Waals surface area contributed by atoms with Crippen LogP contribution in [-0.2, 0) is 16.1 Å². The summed E-state index contributed by atoms with van der Waals surface area (Å²) in [6.45, 7) is 3.14. The van der Waals surface area contributed by atoms with Gasteiger partial charge in [-0.15, -0.1) is 0 Å². The minimum atomic E-state index is -0.726. The highest BCUT2D eigenvalue weighted by atomic mass is 16.5. The normalized spacial score (nSPS) is 14.7. The fourth-order valence-corrected chi connectivity index (χ4v) is 3.50. The Kier molecular flexibility index (Phi) is 7.57. The van der Waals surface area contributed by atoms with Crippen LogP contribution in [-0.4, -0.2) is 36.0 Å². The fourth-order valence-electron chi connectivity index (χ4n) is 3.50. The molecule has 0 atom stereocenters. The van der Waals surface area contributed by atoms with Crippen molar-refractivity contribution in [3.8, 4) is 11.5 Å². The predicted molar refractivity (Wildman–Crippen MR) is 132 cm³/mol. The van der Waals surface area contributed by atoms with E-state index < -0.39 is 17.8 Å². The van der Waals surface area contributed by atoms with Crippen LogP contribution in [0.2, 0.25) is 0 Å². The number of rotatable bonds is 9. The molecule has 0 aromatic heterocycles. The number of benzene rings is 3. The van der Waals surface area contributed by atoms with E-state index in [-0.39, 0.29) is 12.1 Å². The first-order valence-corrected chi connectivity index (χ1v) is 11.3. The fraction of sp³-hybridized carbons (Fsp3) is 0.179. The Balaban J connectivity index is 1.32. The van der Waals surface area contributed by atoms with Crippen LogP contribution in [0.15, 0.2) is 84.4 Å². The number of barbiturate groups is 1. The highest BCUT2D eigenvalue weighted by Crippen LogP contribution is 2.19. The molecule has 7 nitrogen and oxygen atoms in total. The number of hydrogen-bond acceptors (Lipinski definition) is 5. The average Bonchev–Trinajstić information content (AvgIpc) is 2.87. The standard InChI is InChI=1S/C28H26N2O5/c1-20-8-12-23(13-9-20)34-16-5-17-35-24-14-10-21(11-15-24)18-25-26(31)29-28(33)30(27(25)32)19-22-6-3-2-4-7-22/h2-4,6-15,18H,5,16-17,19H2,1H3,(H,29,31,33). The summed E-state index contributed by atoms with van der Waals surface area (Å²) in [7, 11) is 0. The Bertz CT molecular complexity index is 1220. The quantitative estimate of drug-likeness (QED) is 0.283. The third-order valence-corrected chi connectivity index (χ3v) is 5.41. The number of hydrogen-bond donors (Lipinski definition) is 1. The van der Waals surface area contributed by atoms with Crippen molar-refractivity contribution in [2.24, 2.45) is 0 Å². The Morgan fingerprint density at radius 3 is 2.03 bits per heavy atom. The molecule has 1 heterocycles. The first-order chi connectivity index (χ1) is 17.0. The van der Waals surface area contributed by atoms with Crippen molar-refractivity contribution >= 4 is 23.9 Å². The number of nitrogens with one attached hydrogen (secondary N) is 1. The van der Waals surface area contributed by atoms with Gasteiger partial charge in [-0.25, -0.2) is 4.79 Å². The summed E-state index contributed by atoms with van der Waals surface area (Å²) in [5, 5.41) is 2.24. The largest absolute Gasteiger partial charge is 0.493 e. The van der Waals surface area contributed by atoms with Crippen molar-refractivity contribution in [3.05, 3.63) is 101 Å². The van der Waals surface area contributed by atoms with Gasteiger partial charge in [0.05, 0.1) is 19.8 Å². The second kappa shape index (κ2) is 11.2. The molecule has 1 saturated heterocycles. The number of imide groups is 2. The van der Waals surface area contributed by atoms with E-state index in [0.29, 0.717) is 24.5 Å². The summed E-state index contributed by atoms with van der Waals surface area (Å²) in [5.41, 5.74) is 2.52. The van der Waals surface area contributed by atoms with Crippen LogP contribution in [0.1, 0.15) is 23.1 Å². The van der Waals surface area contributed by atoms with Crippen molar-refractivity contribution in [1.82, 2.24) is 10.2 Å². The van der Waals surface area contributed by atoms with Gasteiger partial charge in [0.1, 0.15) is 17.1 Å². The van der Waals surface area contributed by atoms with Gasteiger partial charge in [-0.3, -0.25) is 19.8 Å². The SMILES string of the molecule is Cc1ccc(OCCCOc2ccc(C=C3C(=O)NC(=O)N(Cc4ccccc4)C3=O)cc2)cc1. The minimum absolute atomic E-state index is 0.0799. The Labute approximate surface area is 204 Å². The van der Waals surface area contributed by atoms with Crippen molar-refractivity contribution < 1.29 is 23.9 Å². The molecule has 1 N–H and O–H groups in total. The summed E-state index contributed by atoms with van der Waals surface area (Å²) < 4.78 is 11.4. The minimum Gasteiger partial charge on any atom is -0.493 e. The van der Waals surface area contributed by atoms with E-state index in [0.717, 1.165) is 22.6 Å². The van der Waals surface area contributed by atoms with Gasteiger partial charge in [0.25, 0.3) is 11.8 Å². The van der Waals surface area contributed by atoms with E-state index in [4.69, 9.17) is 9.47 Å². The van der Waals surface area contributed by atoms with Gasteiger partial charge in [0, 0.05) is 6.42 Å². The number of urea groups is 1. The Hall–Kier alpha value is -4.39. The molecule has 4 amide bonds. The molecule has 0 unspecified atom stereocenters. The van der Waals surface area contributed by atoms with Crippen molar-refractivity contribution in [1.29, 1.82) is 0 Å². The lowest BCUT2D eigenvalue weighted by Gasteiger charge is -2.26. The van der Waals surface area contributed by atoms with Gasteiger partial charge < -0.3 is 9.47 Å². The highest BCUT2D eigenvalue weighted by Gasteiger charge is 2.35. The zero-order chi connectivity index (χ0) is 24.6. The maximum atomic E-state index is 12.9. The van der Waals surface area contributed by atoms with Crippen molar-refractivity contribution in [2.75, 3.05) is 13.2 Å². The summed E-state index contributed by atoms with van der Waals surface area (Å²) in [5.74, 6) is 0.163. The second-order valence-corrected chi connectivity index (χ2v) is 8.13. The zero-order valence-corrected chi connectivity index (χ0v) is 19.4. The molecular weight excluding hydrogens is 444 g/mol. The molecule has 3 aromatic rings. The number of amides is 4. The molecule has 35 heavy (non-hydrogen) atoms. The number of carbonyl (C=O) groups is 3. The van der Waals surface area contributed by atoms with Gasteiger partial charge in [-0.05, 0) is 48.4 Å². The van der Waals surface area contributed by atoms with E-state index in [1.807, 2.05) is 61.5 Å². The maximum absolute atomic E-state index is 12.9. The van der Waals surface area contributed by atoms with Gasteiger partial charge in [-0.2, -0.15) is 0 Å². The van der Waals surface area contributed by atoms with Gasteiger partial charge in [0.15, 0.2) is 0 Å². The van der Waals surface area contributed by atoms with Gasteiger partial charge in [-0.1, -0.05) is 60.2 Å². The summed E-state index contributed by atoms with van der Waals surface area (Å²) >= 11 is 0. The van der Waals surface area contributed by atoms with E-state index in [1.54, 1.807) is 24.3 Å². The second-order valence-electron chi connectivity index (χ2n) is 8.13. The molecule has 7 heteroatoms. The molecule has 1 aliphatic rings. The summed E-state index contributed by atoms with van der Waals surface area (Å²) in [4.78, 5) is 38.5. The predicted octanol–water partition coefficient (Wildman–Crippen LogP) is 4.50. The molecule has 0 radical (unpaired) electrons. The molecule has 0 saturated carbocycles. The topological polar surface area (TPSA) is 84.9 Å². The molecule has 178 valence electrons. The number of ether oxygens (including phenoxy) is 2. The maximum Gasteiger partial charge on any atom is 0.331 e. The third-order valence-electron chi connectivity index (χ3n) is 5.41. The lowest BCUT2D eigenvalue weighted by Crippen LogP contribution is -2.53. The number of aryl methyl sites for hydroxylation is 1. The first-order valence-electron chi connectivity index (χ1n) is 11.3. The van der Waals surface area contributed by atoms with Crippen LogP contribution >= 0.6 is 0 Å². The summed E-state index contributed by atoms with van der Waals surface area (Å²) in [6.07, 6.45) is 2.20. The third kappa shape index (κ3) is 6.35. The summed E-state index contributed by atoms with van der Waals surface area (Å²) in [6, 6.07) is 23.3. The van der Waals surface area contributed by atoms with Crippen LogP contribution in [0.5, 0.6) is 11.5 Å².